The molecule has 0 aliphatic carbocycles. The maximum Gasteiger partial charge on any atom is 0.416 e. The fraction of sp³-hybridized carbons (Fsp3) is 0.412. The zero-order valence-electron chi connectivity index (χ0n) is 14.2. The minimum Gasteiger partial charge on any atom is -0.356 e. The van der Waals surface area contributed by atoms with Crippen molar-refractivity contribution in [1.82, 2.24) is 15.6 Å². The van der Waals surface area contributed by atoms with Crippen LogP contribution >= 0.6 is 11.3 Å². The molecule has 0 unspecified atom stereocenters. The van der Waals surface area contributed by atoms with E-state index >= 15 is 0 Å². The lowest BCUT2D eigenvalue weighted by Gasteiger charge is -2.12. The molecule has 0 atom stereocenters. The Morgan fingerprint density at radius 2 is 1.92 bits per heavy atom. The highest BCUT2D eigenvalue weighted by atomic mass is 32.1. The van der Waals surface area contributed by atoms with Crippen molar-refractivity contribution in [2.45, 2.75) is 32.5 Å². The molecule has 0 saturated heterocycles. The zero-order chi connectivity index (χ0) is 18.3. The first-order valence-corrected chi connectivity index (χ1v) is 8.84. The van der Waals surface area contributed by atoms with Gasteiger partial charge in [0, 0.05) is 31.9 Å². The second kappa shape index (κ2) is 8.84. The number of rotatable bonds is 6. The number of hydrogen-bond acceptors (Lipinski definition) is 3. The zero-order valence-corrected chi connectivity index (χ0v) is 15.0. The number of alkyl halides is 3. The number of benzene rings is 1. The summed E-state index contributed by atoms with van der Waals surface area (Å²) in [5.41, 5.74) is 1.16. The van der Waals surface area contributed by atoms with Gasteiger partial charge in [-0.2, -0.15) is 13.2 Å². The molecule has 0 bridgehead atoms. The van der Waals surface area contributed by atoms with Crippen LogP contribution in [0, 0.1) is 0 Å². The largest absolute Gasteiger partial charge is 0.416 e. The summed E-state index contributed by atoms with van der Waals surface area (Å²) in [4.78, 5) is 8.61. The first-order chi connectivity index (χ1) is 11.9. The molecule has 0 aliphatic rings. The van der Waals surface area contributed by atoms with Gasteiger partial charge in [-0.15, -0.1) is 11.3 Å². The van der Waals surface area contributed by atoms with E-state index in [0.29, 0.717) is 19.0 Å². The molecule has 2 N–H and O–H groups in total. The van der Waals surface area contributed by atoms with Crippen LogP contribution in [0.15, 0.2) is 34.6 Å². The Hall–Kier alpha value is -2.09. The van der Waals surface area contributed by atoms with Crippen molar-refractivity contribution in [1.29, 1.82) is 0 Å². The Labute approximate surface area is 149 Å². The van der Waals surface area contributed by atoms with Crippen LogP contribution in [0.25, 0.3) is 0 Å². The molecule has 1 aromatic carbocycles. The highest BCUT2D eigenvalue weighted by Gasteiger charge is 2.29. The summed E-state index contributed by atoms with van der Waals surface area (Å²) in [5.74, 6) is 0.603. The summed E-state index contributed by atoms with van der Waals surface area (Å²) < 4.78 is 37.6. The van der Waals surface area contributed by atoms with Gasteiger partial charge in [0.2, 0.25) is 0 Å². The predicted octanol–water partition coefficient (Wildman–Crippen LogP) is 3.63. The van der Waals surface area contributed by atoms with Crippen LogP contribution < -0.4 is 10.6 Å². The number of aryl methyl sites for hydroxylation is 1. The first kappa shape index (κ1) is 19.2. The van der Waals surface area contributed by atoms with Crippen LogP contribution in [-0.4, -0.2) is 24.5 Å². The van der Waals surface area contributed by atoms with Gasteiger partial charge in [-0.1, -0.05) is 19.1 Å². The quantitative estimate of drug-likeness (QED) is 0.603. The van der Waals surface area contributed by atoms with E-state index in [1.54, 1.807) is 18.4 Å². The standard InChI is InChI=1S/C17H21F3N4S/c1-3-15-24-14(11-25-15)8-9-22-16(21-2)23-10-12-4-6-13(7-5-12)17(18,19)20/h4-7,11H,3,8-10H2,1-2H3,(H2,21,22,23). The molecule has 1 heterocycles. The topological polar surface area (TPSA) is 49.3 Å². The third kappa shape index (κ3) is 6.04. The minimum atomic E-state index is -4.31. The second-order valence-electron chi connectivity index (χ2n) is 5.38. The van der Waals surface area contributed by atoms with Crippen molar-refractivity contribution in [2.75, 3.05) is 13.6 Å². The minimum absolute atomic E-state index is 0.397. The number of aliphatic imine (C=N–C) groups is 1. The van der Waals surface area contributed by atoms with Gasteiger partial charge in [-0.25, -0.2) is 4.98 Å². The lowest BCUT2D eigenvalue weighted by atomic mass is 10.1. The van der Waals surface area contributed by atoms with E-state index in [4.69, 9.17) is 0 Å². The number of guanidine groups is 1. The van der Waals surface area contributed by atoms with Gasteiger partial charge in [0.05, 0.1) is 16.3 Å². The van der Waals surface area contributed by atoms with E-state index in [1.807, 2.05) is 0 Å². The molecule has 0 aliphatic heterocycles. The third-order valence-electron chi connectivity index (χ3n) is 3.54. The number of nitrogens with one attached hydrogen (secondary N) is 2. The van der Waals surface area contributed by atoms with Gasteiger partial charge < -0.3 is 10.6 Å². The number of halogens is 3. The first-order valence-electron chi connectivity index (χ1n) is 7.96. The lowest BCUT2D eigenvalue weighted by molar-refractivity contribution is -0.137. The smallest absolute Gasteiger partial charge is 0.356 e. The van der Waals surface area contributed by atoms with Crippen molar-refractivity contribution in [3.63, 3.8) is 0 Å². The van der Waals surface area contributed by atoms with Gasteiger partial charge in [0.25, 0.3) is 0 Å². The van der Waals surface area contributed by atoms with E-state index in [-0.39, 0.29) is 0 Å². The van der Waals surface area contributed by atoms with Crippen molar-refractivity contribution >= 4 is 17.3 Å². The third-order valence-corrected chi connectivity index (χ3v) is 4.58. The molecule has 2 rings (SSSR count). The second-order valence-corrected chi connectivity index (χ2v) is 6.33. The molecule has 0 fully saturated rings. The Kier molecular flexibility index (Phi) is 6.81. The van der Waals surface area contributed by atoms with Crippen LogP contribution in [0.4, 0.5) is 13.2 Å². The van der Waals surface area contributed by atoms with Crippen molar-refractivity contribution in [3.05, 3.63) is 51.5 Å². The Balaban J connectivity index is 1.78. The lowest BCUT2D eigenvalue weighted by Crippen LogP contribution is -2.37. The van der Waals surface area contributed by atoms with E-state index in [0.717, 1.165) is 41.2 Å². The number of nitrogens with zero attached hydrogens (tertiary/aromatic N) is 2. The van der Waals surface area contributed by atoms with Crippen LogP contribution in [0.2, 0.25) is 0 Å². The number of hydrogen-bond donors (Lipinski definition) is 2. The molecular formula is C17H21F3N4S. The molecule has 0 radical (unpaired) electrons. The van der Waals surface area contributed by atoms with Crippen molar-refractivity contribution in [2.24, 2.45) is 4.99 Å². The van der Waals surface area contributed by atoms with E-state index in [1.165, 1.54) is 12.1 Å². The molecule has 136 valence electrons. The normalized spacial score (nSPS) is 12.3. The maximum atomic E-state index is 12.5. The summed E-state index contributed by atoms with van der Waals surface area (Å²) in [7, 11) is 1.65. The molecular weight excluding hydrogens is 349 g/mol. The molecule has 1 aromatic heterocycles. The van der Waals surface area contributed by atoms with Gasteiger partial charge in [0.15, 0.2) is 5.96 Å². The van der Waals surface area contributed by atoms with Crippen LogP contribution in [-0.2, 0) is 25.6 Å². The monoisotopic (exact) mass is 370 g/mol. The molecule has 25 heavy (non-hydrogen) atoms. The van der Waals surface area contributed by atoms with E-state index in [9.17, 15) is 13.2 Å². The van der Waals surface area contributed by atoms with Crippen molar-refractivity contribution < 1.29 is 13.2 Å². The predicted molar refractivity (Wildman–Crippen MR) is 94.8 cm³/mol. The fourth-order valence-electron chi connectivity index (χ4n) is 2.15. The summed E-state index contributed by atoms with van der Waals surface area (Å²) >= 11 is 1.66. The van der Waals surface area contributed by atoms with Crippen LogP contribution in [0.3, 0.4) is 0 Å². The summed E-state index contributed by atoms with van der Waals surface area (Å²) in [5, 5.41) is 9.44. The average Bonchev–Trinajstić information content (AvgIpc) is 3.05. The van der Waals surface area contributed by atoms with Gasteiger partial charge in [-0.05, 0) is 24.1 Å². The average molecular weight is 370 g/mol. The summed E-state index contributed by atoms with van der Waals surface area (Å²) in [6, 6.07) is 5.09. The molecule has 8 heteroatoms. The SMILES string of the molecule is CCc1nc(CCNC(=NC)NCc2ccc(C(F)(F)F)cc2)cs1. The fourth-order valence-corrected chi connectivity index (χ4v) is 2.93. The summed E-state index contributed by atoms with van der Waals surface area (Å²) in [6.45, 7) is 3.15. The Morgan fingerprint density at radius 3 is 2.48 bits per heavy atom. The van der Waals surface area contributed by atoms with E-state index in [2.05, 4.69) is 32.9 Å². The Morgan fingerprint density at radius 1 is 1.20 bits per heavy atom. The number of thiazole rings is 1. The van der Waals surface area contributed by atoms with Crippen LogP contribution in [0.1, 0.15) is 28.8 Å². The molecule has 4 nitrogen and oxygen atoms in total. The van der Waals surface area contributed by atoms with Gasteiger partial charge in [-0.3, -0.25) is 4.99 Å². The van der Waals surface area contributed by atoms with Crippen molar-refractivity contribution in [3.8, 4) is 0 Å². The van der Waals surface area contributed by atoms with Crippen LogP contribution in [0.5, 0.6) is 0 Å². The van der Waals surface area contributed by atoms with E-state index < -0.39 is 11.7 Å². The molecule has 0 amide bonds. The molecule has 2 aromatic rings. The summed E-state index contributed by atoms with van der Waals surface area (Å²) in [6.07, 6.45) is -2.58. The van der Waals surface area contributed by atoms with Gasteiger partial charge >= 0.3 is 6.18 Å². The number of aromatic nitrogens is 1. The molecule has 0 spiro atoms. The highest BCUT2D eigenvalue weighted by molar-refractivity contribution is 7.09. The highest BCUT2D eigenvalue weighted by Crippen LogP contribution is 2.29. The maximum absolute atomic E-state index is 12.5. The molecule has 0 saturated carbocycles. The Bertz CT molecular complexity index is 693. The van der Waals surface area contributed by atoms with Gasteiger partial charge in [0.1, 0.15) is 0 Å².